The summed E-state index contributed by atoms with van der Waals surface area (Å²) in [7, 11) is -3.38. The van der Waals surface area contributed by atoms with Crippen molar-refractivity contribution in [2.75, 3.05) is 11.6 Å². The number of rotatable bonds is 5. The third-order valence-electron chi connectivity index (χ3n) is 3.71. The van der Waals surface area contributed by atoms with Crippen molar-refractivity contribution >= 4 is 21.6 Å². The van der Waals surface area contributed by atoms with Crippen LogP contribution in [-0.4, -0.2) is 36.5 Å². The second-order valence-electron chi connectivity index (χ2n) is 6.04. The number of carbonyl (C=O) groups excluding carboxylic acids is 1. The zero-order valence-electron chi connectivity index (χ0n) is 14.1. The summed E-state index contributed by atoms with van der Waals surface area (Å²) in [6.07, 6.45) is 4.19. The lowest BCUT2D eigenvalue weighted by atomic mass is 10.1. The average molecular weight is 350 g/mol. The van der Waals surface area contributed by atoms with Crippen LogP contribution in [0.4, 0.5) is 10.5 Å². The van der Waals surface area contributed by atoms with E-state index < -0.39 is 9.84 Å². The minimum atomic E-state index is -3.38. The lowest BCUT2D eigenvalue weighted by molar-refractivity contribution is 0.246. The number of anilines is 1. The summed E-state index contributed by atoms with van der Waals surface area (Å²) < 4.78 is 25.2. The van der Waals surface area contributed by atoms with Crippen LogP contribution in [0.1, 0.15) is 20.8 Å². The maximum Gasteiger partial charge on any atom is 0.319 e. The van der Waals surface area contributed by atoms with Gasteiger partial charge in [0.2, 0.25) is 0 Å². The van der Waals surface area contributed by atoms with Crippen molar-refractivity contribution < 1.29 is 13.2 Å². The van der Waals surface area contributed by atoms with Gasteiger partial charge in [0.1, 0.15) is 0 Å². The van der Waals surface area contributed by atoms with E-state index in [2.05, 4.69) is 15.7 Å². The fraction of sp³-hybridized carbons (Fsp3) is 0.375. The van der Waals surface area contributed by atoms with Gasteiger partial charge in [-0.3, -0.25) is 0 Å². The Kier molecular flexibility index (Phi) is 5.28. The minimum Gasteiger partial charge on any atom is -0.335 e. The molecule has 0 aliphatic heterocycles. The second kappa shape index (κ2) is 7.04. The topological polar surface area (TPSA) is 93.1 Å². The van der Waals surface area contributed by atoms with Crippen LogP contribution in [0.15, 0.2) is 41.6 Å². The van der Waals surface area contributed by atoms with E-state index in [1.165, 1.54) is 16.9 Å². The Morgan fingerprint density at radius 3 is 2.50 bits per heavy atom. The minimum absolute atomic E-state index is 0.0333. The highest BCUT2D eigenvalue weighted by Crippen LogP contribution is 2.20. The summed E-state index contributed by atoms with van der Waals surface area (Å²) in [5, 5.41) is 9.66. The van der Waals surface area contributed by atoms with Crippen molar-refractivity contribution in [1.82, 2.24) is 15.1 Å². The summed E-state index contributed by atoms with van der Waals surface area (Å²) in [4.78, 5) is 12.1. The van der Waals surface area contributed by atoms with Crippen LogP contribution in [0.25, 0.3) is 5.69 Å². The first kappa shape index (κ1) is 18.0. The molecule has 0 fully saturated rings. The first-order valence-electron chi connectivity index (χ1n) is 7.60. The van der Waals surface area contributed by atoms with Crippen molar-refractivity contribution in [3.63, 3.8) is 0 Å². The molecule has 1 atom stereocenters. The molecule has 0 spiro atoms. The van der Waals surface area contributed by atoms with Crippen LogP contribution < -0.4 is 10.6 Å². The van der Waals surface area contributed by atoms with Gasteiger partial charge in [-0.25, -0.2) is 17.9 Å². The molecule has 24 heavy (non-hydrogen) atoms. The Hall–Kier alpha value is -2.35. The van der Waals surface area contributed by atoms with E-state index in [0.717, 1.165) is 6.26 Å². The lowest BCUT2D eigenvalue weighted by Crippen LogP contribution is -2.38. The van der Waals surface area contributed by atoms with Gasteiger partial charge < -0.3 is 10.6 Å². The van der Waals surface area contributed by atoms with Crippen LogP contribution in [0.2, 0.25) is 0 Å². The van der Waals surface area contributed by atoms with Crippen molar-refractivity contribution in [2.45, 2.75) is 31.7 Å². The molecular weight excluding hydrogens is 328 g/mol. The molecule has 2 amide bonds. The molecule has 1 aromatic heterocycles. The van der Waals surface area contributed by atoms with Crippen LogP contribution in [0.3, 0.4) is 0 Å². The highest BCUT2D eigenvalue weighted by Gasteiger charge is 2.16. The van der Waals surface area contributed by atoms with Crippen LogP contribution >= 0.6 is 0 Å². The molecule has 130 valence electrons. The maximum absolute atomic E-state index is 11.9. The van der Waals surface area contributed by atoms with E-state index in [1.807, 2.05) is 20.8 Å². The average Bonchev–Trinajstić information content (AvgIpc) is 2.94. The highest BCUT2D eigenvalue weighted by molar-refractivity contribution is 7.90. The Balaban J connectivity index is 2.19. The first-order valence-corrected chi connectivity index (χ1v) is 9.49. The fourth-order valence-electron chi connectivity index (χ4n) is 2.02. The Morgan fingerprint density at radius 2 is 1.88 bits per heavy atom. The number of urea groups is 1. The summed E-state index contributed by atoms with van der Waals surface area (Å²) in [6, 6.07) is 6.28. The first-order chi connectivity index (χ1) is 11.2. The summed E-state index contributed by atoms with van der Waals surface area (Å²) in [5.74, 6) is 0.320. The number of sulfone groups is 1. The molecule has 7 nitrogen and oxygen atoms in total. The second-order valence-corrected chi connectivity index (χ2v) is 8.03. The van der Waals surface area contributed by atoms with Gasteiger partial charge in [-0.2, -0.15) is 5.10 Å². The van der Waals surface area contributed by atoms with Crippen molar-refractivity contribution in [3.05, 3.63) is 36.7 Å². The lowest BCUT2D eigenvalue weighted by Gasteiger charge is -2.17. The molecule has 1 heterocycles. The molecule has 2 aromatic rings. The van der Waals surface area contributed by atoms with E-state index in [0.29, 0.717) is 17.3 Å². The molecule has 0 bridgehead atoms. The number of aromatic nitrogens is 2. The van der Waals surface area contributed by atoms with Gasteiger partial charge >= 0.3 is 6.03 Å². The molecule has 0 saturated heterocycles. The quantitative estimate of drug-likeness (QED) is 0.866. The van der Waals surface area contributed by atoms with Gasteiger partial charge in [0.25, 0.3) is 0 Å². The number of hydrogen-bond donors (Lipinski definition) is 2. The predicted octanol–water partition coefficient (Wildman–Crippen LogP) is 2.44. The molecule has 1 unspecified atom stereocenters. The maximum atomic E-state index is 11.9. The van der Waals surface area contributed by atoms with Crippen LogP contribution in [-0.2, 0) is 9.84 Å². The van der Waals surface area contributed by atoms with E-state index >= 15 is 0 Å². The largest absolute Gasteiger partial charge is 0.335 e. The van der Waals surface area contributed by atoms with E-state index in [-0.39, 0.29) is 17.0 Å². The standard InChI is InChI=1S/C16H22N4O3S/c1-11(2)12(3)18-16(21)19-13-9-17-20(10-13)14-7-5-6-8-15(14)24(4,22)23/h5-12H,1-4H3,(H2,18,19,21). The highest BCUT2D eigenvalue weighted by atomic mass is 32.2. The molecule has 0 radical (unpaired) electrons. The van der Waals surface area contributed by atoms with Gasteiger partial charge in [-0.05, 0) is 25.0 Å². The number of amides is 2. The monoisotopic (exact) mass is 350 g/mol. The molecule has 2 rings (SSSR count). The van der Waals surface area contributed by atoms with Crippen LogP contribution in [0.5, 0.6) is 0 Å². The molecule has 0 aliphatic rings. The number of nitrogens with zero attached hydrogens (tertiary/aromatic N) is 2. The fourth-order valence-corrected chi connectivity index (χ4v) is 2.89. The molecule has 8 heteroatoms. The van der Waals surface area contributed by atoms with Gasteiger partial charge in [0.05, 0.1) is 28.7 Å². The smallest absolute Gasteiger partial charge is 0.319 e. The van der Waals surface area contributed by atoms with Crippen molar-refractivity contribution in [1.29, 1.82) is 0 Å². The normalized spacial score (nSPS) is 12.9. The zero-order valence-corrected chi connectivity index (χ0v) is 15.0. The Morgan fingerprint density at radius 1 is 1.21 bits per heavy atom. The zero-order chi connectivity index (χ0) is 17.9. The summed E-state index contributed by atoms with van der Waals surface area (Å²) >= 11 is 0. The molecule has 2 N–H and O–H groups in total. The predicted molar refractivity (Wildman–Crippen MR) is 93.1 cm³/mol. The summed E-state index contributed by atoms with van der Waals surface area (Å²) in [6.45, 7) is 5.96. The summed E-state index contributed by atoms with van der Waals surface area (Å²) in [5.41, 5.74) is 0.913. The van der Waals surface area contributed by atoms with Gasteiger partial charge in [-0.15, -0.1) is 0 Å². The van der Waals surface area contributed by atoms with Gasteiger partial charge in [0, 0.05) is 12.3 Å². The number of nitrogens with one attached hydrogen (secondary N) is 2. The number of carbonyl (C=O) groups is 1. The Bertz CT molecular complexity index is 827. The molecule has 0 saturated carbocycles. The number of para-hydroxylation sites is 1. The van der Waals surface area contributed by atoms with Crippen molar-refractivity contribution in [2.24, 2.45) is 5.92 Å². The van der Waals surface area contributed by atoms with Gasteiger partial charge in [-0.1, -0.05) is 26.0 Å². The number of hydrogen-bond acceptors (Lipinski definition) is 4. The molecule has 1 aromatic carbocycles. The molecule has 0 aliphatic carbocycles. The van der Waals surface area contributed by atoms with E-state index in [9.17, 15) is 13.2 Å². The third-order valence-corrected chi connectivity index (χ3v) is 4.85. The van der Waals surface area contributed by atoms with E-state index in [1.54, 1.807) is 24.4 Å². The third kappa shape index (κ3) is 4.35. The van der Waals surface area contributed by atoms with Gasteiger partial charge in [0.15, 0.2) is 9.84 Å². The van der Waals surface area contributed by atoms with Crippen molar-refractivity contribution in [3.8, 4) is 5.69 Å². The number of benzene rings is 1. The molecular formula is C16H22N4O3S. The SMILES string of the molecule is CC(C)C(C)NC(=O)Nc1cnn(-c2ccccc2S(C)(=O)=O)c1. The Labute approximate surface area is 142 Å². The van der Waals surface area contributed by atoms with E-state index in [4.69, 9.17) is 0 Å². The van der Waals surface area contributed by atoms with Crippen LogP contribution in [0, 0.1) is 5.92 Å².